The average molecular weight is 359 g/mol. The van der Waals surface area contributed by atoms with Crippen molar-refractivity contribution in [3.05, 3.63) is 76.4 Å². The maximum atomic E-state index is 12.9. The number of hydrogen-bond acceptors (Lipinski definition) is 3. The predicted octanol–water partition coefficient (Wildman–Crippen LogP) is 5.25. The Bertz CT molecular complexity index is 890. The van der Waals surface area contributed by atoms with Gasteiger partial charge < -0.3 is 0 Å². The first-order chi connectivity index (χ1) is 11.6. The Kier molecular flexibility index (Phi) is 5.03. The maximum Gasteiger partial charge on any atom is 0.250 e. The molecule has 0 radical (unpaired) electrons. The molecule has 1 aromatic heterocycles. The summed E-state index contributed by atoms with van der Waals surface area (Å²) in [5, 5.41) is 5.56. The normalized spacial score (nSPS) is 10.9. The van der Waals surface area contributed by atoms with E-state index in [9.17, 15) is 9.18 Å². The topological polar surface area (TPSA) is 42.0 Å². The first-order valence-corrected chi connectivity index (χ1v) is 8.32. The summed E-state index contributed by atoms with van der Waals surface area (Å²) in [4.78, 5) is 16.3. The molecule has 0 saturated carbocycles. The van der Waals surface area contributed by atoms with Crippen molar-refractivity contribution in [3.8, 4) is 11.3 Å². The summed E-state index contributed by atoms with van der Waals surface area (Å²) in [5.41, 5.74) is 2.24. The monoisotopic (exact) mass is 358 g/mol. The van der Waals surface area contributed by atoms with E-state index in [-0.39, 0.29) is 11.7 Å². The van der Waals surface area contributed by atoms with Crippen molar-refractivity contribution >= 4 is 40.1 Å². The molecular formula is C18H12ClFN2OS. The number of anilines is 1. The number of carbonyl (C=O) groups excluding carboxylic acids is 1. The fourth-order valence-electron chi connectivity index (χ4n) is 2.01. The van der Waals surface area contributed by atoms with E-state index >= 15 is 0 Å². The van der Waals surface area contributed by atoms with Crippen molar-refractivity contribution in [1.82, 2.24) is 4.98 Å². The lowest BCUT2D eigenvalue weighted by atomic mass is 10.2. The van der Waals surface area contributed by atoms with E-state index in [1.54, 1.807) is 29.7 Å². The van der Waals surface area contributed by atoms with Crippen molar-refractivity contribution < 1.29 is 9.18 Å². The number of rotatable bonds is 4. The largest absolute Gasteiger partial charge is 0.298 e. The summed E-state index contributed by atoms with van der Waals surface area (Å²) in [7, 11) is 0. The zero-order chi connectivity index (χ0) is 16.9. The van der Waals surface area contributed by atoms with Gasteiger partial charge >= 0.3 is 0 Å². The standard InChI is InChI=1S/C18H12ClFN2OS/c19-15-4-2-1-3-12(15)7-10-17(23)22-18-21-16(11-24-18)13-5-8-14(20)9-6-13/h1-11H,(H,21,22,23)/b10-7+. The Hall–Kier alpha value is -2.50. The van der Waals surface area contributed by atoms with E-state index in [1.165, 1.54) is 29.5 Å². The molecule has 0 bridgehead atoms. The molecule has 0 spiro atoms. The zero-order valence-electron chi connectivity index (χ0n) is 12.4. The number of halogens is 2. The van der Waals surface area contributed by atoms with Crippen LogP contribution in [-0.2, 0) is 4.79 Å². The molecule has 3 nitrogen and oxygen atoms in total. The van der Waals surface area contributed by atoms with Gasteiger partial charge in [-0.3, -0.25) is 10.1 Å². The van der Waals surface area contributed by atoms with Crippen LogP contribution in [0, 0.1) is 5.82 Å². The lowest BCUT2D eigenvalue weighted by Gasteiger charge is -1.98. The third-order valence-electron chi connectivity index (χ3n) is 3.19. The molecule has 1 N–H and O–H groups in total. The molecule has 0 atom stereocenters. The van der Waals surface area contributed by atoms with Crippen molar-refractivity contribution in [3.63, 3.8) is 0 Å². The second-order valence-electron chi connectivity index (χ2n) is 4.89. The summed E-state index contributed by atoms with van der Waals surface area (Å²) in [6, 6.07) is 13.3. The third kappa shape index (κ3) is 4.07. The highest BCUT2D eigenvalue weighted by atomic mass is 35.5. The fraction of sp³-hybridized carbons (Fsp3) is 0. The molecule has 1 heterocycles. The molecule has 3 rings (SSSR count). The van der Waals surface area contributed by atoms with E-state index in [1.807, 2.05) is 18.2 Å². The SMILES string of the molecule is O=C(/C=C/c1ccccc1Cl)Nc1nc(-c2ccc(F)cc2)cs1. The van der Waals surface area contributed by atoms with Gasteiger partial charge in [-0.2, -0.15) is 0 Å². The first-order valence-electron chi connectivity index (χ1n) is 7.07. The van der Waals surface area contributed by atoms with Crippen LogP contribution in [-0.4, -0.2) is 10.9 Å². The molecule has 0 fully saturated rings. The van der Waals surface area contributed by atoms with E-state index in [2.05, 4.69) is 10.3 Å². The Morgan fingerprint density at radius 3 is 2.67 bits per heavy atom. The van der Waals surface area contributed by atoms with E-state index < -0.39 is 0 Å². The smallest absolute Gasteiger partial charge is 0.250 e. The molecule has 0 aliphatic heterocycles. The number of hydrogen-bond donors (Lipinski definition) is 1. The van der Waals surface area contributed by atoms with Crippen LogP contribution in [0.1, 0.15) is 5.56 Å². The number of benzene rings is 2. The molecule has 120 valence electrons. The Morgan fingerprint density at radius 1 is 1.17 bits per heavy atom. The van der Waals surface area contributed by atoms with Crippen LogP contribution in [0.3, 0.4) is 0 Å². The van der Waals surface area contributed by atoms with Crippen molar-refractivity contribution in [2.45, 2.75) is 0 Å². The van der Waals surface area contributed by atoms with E-state index in [4.69, 9.17) is 11.6 Å². The van der Waals surface area contributed by atoms with Gasteiger partial charge in [0.2, 0.25) is 5.91 Å². The third-order valence-corrected chi connectivity index (χ3v) is 4.30. The Balaban J connectivity index is 1.67. The highest BCUT2D eigenvalue weighted by molar-refractivity contribution is 7.14. The van der Waals surface area contributed by atoms with Gasteiger partial charge in [0.1, 0.15) is 5.82 Å². The summed E-state index contributed by atoms with van der Waals surface area (Å²) in [6.45, 7) is 0. The van der Waals surface area contributed by atoms with Gasteiger partial charge in [-0.15, -0.1) is 11.3 Å². The van der Waals surface area contributed by atoms with Gasteiger partial charge in [0, 0.05) is 22.0 Å². The molecule has 1 amide bonds. The maximum absolute atomic E-state index is 12.9. The highest BCUT2D eigenvalue weighted by Gasteiger charge is 2.06. The summed E-state index contributed by atoms with van der Waals surface area (Å²) in [6.07, 6.45) is 3.05. The molecule has 2 aromatic carbocycles. The minimum Gasteiger partial charge on any atom is -0.298 e. The van der Waals surface area contributed by atoms with Gasteiger partial charge in [-0.25, -0.2) is 9.37 Å². The molecule has 24 heavy (non-hydrogen) atoms. The Morgan fingerprint density at radius 2 is 1.92 bits per heavy atom. The van der Waals surface area contributed by atoms with Crippen molar-refractivity contribution in [1.29, 1.82) is 0 Å². The first kappa shape index (κ1) is 16.4. The fourth-order valence-corrected chi connectivity index (χ4v) is 2.93. The van der Waals surface area contributed by atoms with Gasteiger partial charge in [0.05, 0.1) is 5.69 Å². The second kappa shape index (κ2) is 7.38. The molecule has 0 unspecified atom stereocenters. The van der Waals surface area contributed by atoms with Crippen LogP contribution in [0.4, 0.5) is 9.52 Å². The van der Waals surface area contributed by atoms with Gasteiger partial charge in [-0.05, 0) is 42.0 Å². The Labute approximate surface area is 147 Å². The van der Waals surface area contributed by atoms with Gasteiger partial charge in [-0.1, -0.05) is 29.8 Å². The number of amides is 1. The van der Waals surface area contributed by atoms with Crippen molar-refractivity contribution in [2.24, 2.45) is 0 Å². The minimum atomic E-state index is -0.299. The lowest BCUT2D eigenvalue weighted by Crippen LogP contribution is -2.07. The van der Waals surface area contributed by atoms with E-state index in [0.29, 0.717) is 15.8 Å². The quantitative estimate of drug-likeness (QED) is 0.647. The molecule has 6 heteroatoms. The number of aromatic nitrogens is 1. The lowest BCUT2D eigenvalue weighted by molar-refractivity contribution is -0.111. The van der Waals surface area contributed by atoms with Crippen LogP contribution in [0.25, 0.3) is 17.3 Å². The minimum absolute atomic E-state index is 0.296. The summed E-state index contributed by atoms with van der Waals surface area (Å²) in [5.74, 6) is -0.595. The van der Waals surface area contributed by atoms with Crippen LogP contribution in [0.2, 0.25) is 5.02 Å². The van der Waals surface area contributed by atoms with Crippen LogP contribution < -0.4 is 5.32 Å². The molecule has 0 aliphatic carbocycles. The van der Waals surface area contributed by atoms with Gasteiger partial charge in [0.15, 0.2) is 5.13 Å². The number of nitrogens with one attached hydrogen (secondary N) is 1. The number of nitrogens with zero attached hydrogens (tertiary/aromatic N) is 1. The number of thiazole rings is 1. The summed E-state index contributed by atoms with van der Waals surface area (Å²) >= 11 is 7.34. The second-order valence-corrected chi connectivity index (χ2v) is 6.15. The predicted molar refractivity (Wildman–Crippen MR) is 96.6 cm³/mol. The number of carbonyl (C=O) groups is 1. The zero-order valence-corrected chi connectivity index (χ0v) is 13.9. The van der Waals surface area contributed by atoms with Gasteiger partial charge in [0.25, 0.3) is 0 Å². The molecular weight excluding hydrogens is 347 g/mol. The van der Waals surface area contributed by atoms with Crippen LogP contribution in [0.5, 0.6) is 0 Å². The van der Waals surface area contributed by atoms with Crippen molar-refractivity contribution in [2.75, 3.05) is 5.32 Å². The molecule has 3 aromatic rings. The van der Waals surface area contributed by atoms with E-state index in [0.717, 1.165) is 11.1 Å². The molecule has 0 aliphatic rings. The summed E-state index contributed by atoms with van der Waals surface area (Å²) < 4.78 is 12.9. The molecule has 0 saturated heterocycles. The highest BCUT2D eigenvalue weighted by Crippen LogP contribution is 2.25. The van der Waals surface area contributed by atoms with Crippen LogP contribution >= 0.6 is 22.9 Å². The average Bonchev–Trinajstić information content (AvgIpc) is 3.03. The van der Waals surface area contributed by atoms with Crippen LogP contribution in [0.15, 0.2) is 60.0 Å².